The molecule has 2 N–H and O–H groups in total. The van der Waals surface area contributed by atoms with Crippen LogP contribution < -0.4 is 10.5 Å². The average Bonchev–Trinajstić information content (AvgIpc) is 2.20. The fraction of sp³-hybridized carbons (Fsp3) is 0.182. The quantitative estimate of drug-likeness (QED) is 0.655. The summed E-state index contributed by atoms with van der Waals surface area (Å²) in [6.45, 7) is 0. The minimum atomic E-state index is -4.76. The number of ether oxygens (including phenoxy) is 1. The predicted molar refractivity (Wildman–Crippen MR) is 57.3 cm³/mol. The molecule has 0 aromatic heterocycles. The highest BCUT2D eigenvalue weighted by molar-refractivity contribution is 5.64. The average molecular weight is 245 g/mol. The Morgan fingerprint density at radius 2 is 2.06 bits per heavy atom. The third kappa shape index (κ3) is 4.58. The summed E-state index contributed by atoms with van der Waals surface area (Å²) in [4.78, 5) is 10.1. The molecule has 0 spiro atoms. The summed E-state index contributed by atoms with van der Waals surface area (Å²) >= 11 is 0. The maximum Gasteiger partial charge on any atom is 0.573 e. The molecule has 0 bridgehead atoms. The normalized spacial score (nSPS) is 11.7. The molecular weight excluding hydrogens is 235 g/mol. The molecule has 0 heterocycles. The molecule has 0 aliphatic carbocycles. The molecule has 0 fully saturated rings. The number of alkyl halides is 3. The number of hydrogen-bond acceptors (Lipinski definition) is 3. The highest BCUT2D eigenvalue weighted by Crippen LogP contribution is 2.28. The van der Waals surface area contributed by atoms with Crippen LogP contribution in [0.25, 0.3) is 6.08 Å². The van der Waals surface area contributed by atoms with E-state index < -0.39 is 6.36 Å². The minimum absolute atomic E-state index is 0.111. The molecule has 0 unspecified atom stereocenters. The minimum Gasteiger partial charge on any atom is -0.405 e. The van der Waals surface area contributed by atoms with Crippen molar-refractivity contribution in [3.63, 3.8) is 0 Å². The van der Waals surface area contributed by atoms with E-state index in [-0.39, 0.29) is 17.7 Å². The van der Waals surface area contributed by atoms with Gasteiger partial charge in [0.2, 0.25) is 0 Å². The first-order valence-electron chi connectivity index (χ1n) is 4.68. The number of halogens is 3. The van der Waals surface area contributed by atoms with Crippen LogP contribution >= 0.6 is 0 Å². The number of hydrogen-bond donors (Lipinski definition) is 1. The number of carbonyl (C=O) groups excluding carboxylic acids is 1. The van der Waals surface area contributed by atoms with Gasteiger partial charge in [0.05, 0.1) is 0 Å². The fourth-order valence-electron chi connectivity index (χ4n) is 1.17. The number of nitrogens with two attached hydrogens (primary N) is 1. The van der Waals surface area contributed by atoms with Crippen molar-refractivity contribution in [3.8, 4) is 5.75 Å². The molecular formula is C11H10F3NO2. The van der Waals surface area contributed by atoms with Crippen LogP contribution in [-0.4, -0.2) is 12.6 Å². The van der Waals surface area contributed by atoms with Gasteiger partial charge in [-0.15, -0.1) is 13.2 Å². The van der Waals surface area contributed by atoms with Crippen LogP contribution in [0.5, 0.6) is 5.75 Å². The summed E-state index contributed by atoms with van der Waals surface area (Å²) in [6, 6.07) is 3.77. The van der Waals surface area contributed by atoms with Crippen LogP contribution in [0.3, 0.4) is 0 Å². The lowest BCUT2D eigenvalue weighted by Crippen LogP contribution is -2.17. The maximum absolute atomic E-state index is 12.1. The lowest BCUT2D eigenvalue weighted by Gasteiger charge is -2.11. The molecule has 3 nitrogen and oxygen atoms in total. The number of anilines is 1. The van der Waals surface area contributed by atoms with E-state index in [4.69, 9.17) is 5.73 Å². The van der Waals surface area contributed by atoms with Crippen LogP contribution in [0.15, 0.2) is 24.3 Å². The van der Waals surface area contributed by atoms with E-state index in [2.05, 4.69) is 4.74 Å². The molecule has 0 saturated heterocycles. The lowest BCUT2D eigenvalue weighted by molar-refractivity contribution is -0.274. The summed E-state index contributed by atoms with van der Waals surface area (Å²) in [5, 5.41) is 0. The number of aldehydes is 1. The van der Waals surface area contributed by atoms with Gasteiger partial charge in [0.15, 0.2) is 0 Å². The van der Waals surface area contributed by atoms with Crippen molar-refractivity contribution in [1.29, 1.82) is 0 Å². The van der Waals surface area contributed by atoms with E-state index in [1.165, 1.54) is 24.3 Å². The monoisotopic (exact) mass is 245 g/mol. The van der Waals surface area contributed by atoms with Crippen molar-refractivity contribution >= 4 is 18.0 Å². The highest BCUT2D eigenvalue weighted by Gasteiger charge is 2.31. The van der Waals surface area contributed by atoms with E-state index >= 15 is 0 Å². The second kappa shape index (κ2) is 5.38. The van der Waals surface area contributed by atoms with Crippen molar-refractivity contribution < 1.29 is 22.7 Å². The predicted octanol–water partition coefficient (Wildman–Crippen LogP) is 2.77. The number of nitrogen functional groups attached to an aromatic ring is 1. The highest BCUT2D eigenvalue weighted by atomic mass is 19.4. The fourth-order valence-corrected chi connectivity index (χ4v) is 1.17. The molecule has 17 heavy (non-hydrogen) atoms. The molecule has 0 aliphatic rings. The molecule has 0 saturated carbocycles. The van der Waals surface area contributed by atoms with Crippen molar-refractivity contribution in [3.05, 3.63) is 29.8 Å². The van der Waals surface area contributed by atoms with Crippen LogP contribution in [-0.2, 0) is 4.79 Å². The van der Waals surface area contributed by atoms with Crippen LogP contribution in [0.2, 0.25) is 0 Å². The number of rotatable bonds is 4. The molecule has 1 rings (SSSR count). The van der Waals surface area contributed by atoms with Gasteiger partial charge in [0.1, 0.15) is 12.0 Å². The van der Waals surface area contributed by atoms with Gasteiger partial charge < -0.3 is 15.3 Å². The van der Waals surface area contributed by atoms with Gasteiger partial charge in [-0.25, -0.2) is 0 Å². The van der Waals surface area contributed by atoms with Crippen molar-refractivity contribution in [1.82, 2.24) is 0 Å². The first-order chi connectivity index (χ1) is 7.92. The topological polar surface area (TPSA) is 52.3 Å². The van der Waals surface area contributed by atoms with Crippen molar-refractivity contribution in [2.75, 3.05) is 5.73 Å². The Bertz CT molecular complexity index is 427. The van der Waals surface area contributed by atoms with Gasteiger partial charge in [0.25, 0.3) is 0 Å². The van der Waals surface area contributed by atoms with Gasteiger partial charge in [-0.3, -0.25) is 0 Å². The maximum atomic E-state index is 12.1. The van der Waals surface area contributed by atoms with Gasteiger partial charge >= 0.3 is 6.36 Å². The standard InChI is InChI=1S/C11H10F3NO2/c12-11(13,14)17-10-5-4-9(15)7-8(10)3-1-2-6-16/h1,3-7H,2,15H2. The Morgan fingerprint density at radius 3 is 2.65 bits per heavy atom. The van der Waals surface area contributed by atoms with E-state index in [9.17, 15) is 18.0 Å². The molecule has 0 atom stereocenters. The molecule has 0 amide bonds. The van der Waals surface area contributed by atoms with Crippen LogP contribution in [0.4, 0.5) is 18.9 Å². The molecule has 1 aromatic rings. The Labute approximate surface area is 95.7 Å². The molecule has 1 aromatic carbocycles. The van der Waals surface area contributed by atoms with Crippen molar-refractivity contribution in [2.24, 2.45) is 0 Å². The first kappa shape index (κ1) is 13.1. The van der Waals surface area contributed by atoms with E-state index in [0.29, 0.717) is 12.0 Å². The summed E-state index contributed by atoms with van der Waals surface area (Å²) < 4.78 is 40.1. The summed E-state index contributed by atoms with van der Waals surface area (Å²) in [5.74, 6) is -0.353. The van der Waals surface area contributed by atoms with Crippen LogP contribution in [0.1, 0.15) is 12.0 Å². The second-order valence-electron chi connectivity index (χ2n) is 3.15. The zero-order valence-electron chi connectivity index (χ0n) is 8.70. The van der Waals surface area contributed by atoms with Crippen molar-refractivity contribution in [2.45, 2.75) is 12.8 Å². The smallest absolute Gasteiger partial charge is 0.405 e. The number of allylic oxidation sites excluding steroid dienone is 1. The number of carbonyl (C=O) groups is 1. The number of benzene rings is 1. The van der Waals surface area contributed by atoms with Gasteiger partial charge in [-0.2, -0.15) is 0 Å². The van der Waals surface area contributed by atoms with Gasteiger partial charge in [-0.1, -0.05) is 12.2 Å². The van der Waals surface area contributed by atoms with E-state index in [1.807, 2.05) is 0 Å². The Morgan fingerprint density at radius 1 is 1.35 bits per heavy atom. The summed E-state index contributed by atoms with van der Waals surface area (Å²) in [7, 11) is 0. The van der Waals surface area contributed by atoms with E-state index in [0.717, 1.165) is 6.07 Å². The Balaban J connectivity index is 2.99. The van der Waals surface area contributed by atoms with Crippen LogP contribution in [0, 0.1) is 0 Å². The summed E-state index contributed by atoms with van der Waals surface area (Å²) in [6.07, 6.45) is -1.24. The molecule has 0 radical (unpaired) electrons. The molecule has 6 heteroatoms. The second-order valence-corrected chi connectivity index (χ2v) is 3.15. The SMILES string of the molecule is Nc1ccc(OC(F)(F)F)c(C=CCC=O)c1. The Hall–Kier alpha value is -1.98. The molecule has 0 aliphatic heterocycles. The first-order valence-corrected chi connectivity index (χ1v) is 4.68. The van der Waals surface area contributed by atoms with Gasteiger partial charge in [0, 0.05) is 17.7 Å². The zero-order chi connectivity index (χ0) is 12.9. The lowest BCUT2D eigenvalue weighted by atomic mass is 10.1. The Kier molecular flexibility index (Phi) is 4.14. The largest absolute Gasteiger partial charge is 0.573 e. The molecule has 92 valence electrons. The summed E-state index contributed by atoms with van der Waals surface area (Å²) in [5.41, 5.74) is 5.94. The zero-order valence-corrected chi connectivity index (χ0v) is 8.70. The van der Waals surface area contributed by atoms with E-state index in [1.54, 1.807) is 0 Å². The third-order valence-electron chi connectivity index (χ3n) is 1.79. The third-order valence-corrected chi connectivity index (χ3v) is 1.79. The van der Waals surface area contributed by atoms with Gasteiger partial charge in [-0.05, 0) is 18.2 Å².